The second-order valence-electron chi connectivity index (χ2n) is 4.18. The van der Waals surface area contributed by atoms with E-state index < -0.39 is 23.1 Å². The third kappa shape index (κ3) is 4.72. The van der Waals surface area contributed by atoms with Crippen LogP contribution in [-0.2, 0) is 9.53 Å². The van der Waals surface area contributed by atoms with Crippen molar-refractivity contribution in [2.24, 2.45) is 0 Å². The van der Waals surface area contributed by atoms with Crippen LogP contribution in [0.25, 0.3) is 6.08 Å². The summed E-state index contributed by atoms with van der Waals surface area (Å²) in [7, 11) is 0. The number of benzene rings is 1. The number of ketones is 1. The first-order valence-corrected chi connectivity index (χ1v) is 6.71. The van der Waals surface area contributed by atoms with Crippen LogP contribution >= 0.6 is 11.6 Å². The van der Waals surface area contributed by atoms with Crippen LogP contribution in [-0.4, -0.2) is 34.8 Å². The van der Waals surface area contributed by atoms with E-state index in [2.05, 4.69) is 0 Å². The van der Waals surface area contributed by atoms with Gasteiger partial charge in [-0.05, 0) is 37.6 Å². The van der Waals surface area contributed by atoms with E-state index in [-0.39, 0.29) is 17.7 Å². The standard InChI is InChI=1S/C15H15ClO5/c1-3-21-15(20)11-6-4-10(5-7-13(17)18)8-12(11)14(19)9(2)16/h4-9H,3H2,1-2H3,(H,17,18)/b7-5+. The van der Waals surface area contributed by atoms with Gasteiger partial charge in [0.15, 0.2) is 5.78 Å². The summed E-state index contributed by atoms with van der Waals surface area (Å²) in [5.41, 5.74) is 0.705. The van der Waals surface area contributed by atoms with Crippen molar-refractivity contribution in [3.63, 3.8) is 0 Å². The number of carboxylic acids is 1. The molecule has 1 aromatic carbocycles. The Labute approximate surface area is 127 Å². The molecule has 1 aromatic rings. The molecular weight excluding hydrogens is 296 g/mol. The van der Waals surface area contributed by atoms with Gasteiger partial charge < -0.3 is 9.84 Å². The third-order valence-electron chi connectivity index (χ3n) is 2.58. The number of alkyl halides is 1. The van der Waals surface area contributed by atoms with Crippen molar-refractivity contribution in [1.82, 2.24) is 0 Å². The second-order valence-corrected chi connectivity index (χ2v) is 4.83. The predicted octanol–water partition coefficient (Wildman–Crippen LogP) is 2.77. The third-order valence-corrected chi connectivity index (χ3v) is 2.78. The van der Waals surface area contributed by atoms with Crippen LogP contribution in [0.3, 0.4) is 0 Å². The number of halogens is 1. The lowest BCUT2D eigenvalue weighted by molar-refractivity contribution is -0.131. The van der Waals surface area contributed by atoms with Crippen LogP contribution in [0.15, 0.2) is 24.3 Å². The van der Waals surface area contributed by atoms with Gasteiger partial charge >= 0.3 is 11.9 Å². The van der Waals surface area contributed by atoms with Crippen molar-refractivity contribution in [2.45, 2.75) is 19.2 Å². The van der Waals surface area contributed by atoms with Gasteiger partial charge in [-0.15, -0.1) is 11.6 Å². The summed E-state index contributed by atoms with van der Waals surface area (Å²) in [6.45, 7) is 3.34. The van der Waals surface area contributed by atoms with Crippen LogP contribution in [0, 0.1) is 0 Å². The van der Waals surface area contributed by atoms with Gasteiger partial charge in [0.25, 0.3) is 0 Å². The average Bonchev–Trinajstić information content (AvgIpc) is 2.44. The normalized spacial score (nSPS) is 12.1. The zero-order chi connectivity index (χ0) is 16.0. The molecule has 0 saturated heterocycles. The Kier molecular flexibility index (Phi) is 6.11. The highest BCUT2D eigenvalue weighted by molar-refractivity contribution is 6.34. The first-order chi connectivity index (χ1) is 9.86. The van der Waals surface area contributed by atoms with E-state index in [0.29, 0.717) is 5.56 Å². The molecule has 0 fully saturated rings. The van der Waals surface area contributed by atoms with Crippen LogP contribution in [0.1, 0.15) is 40.1 Å². The lowest BCUT2D eigenvalue weighted by atomic mass is 9.98. The maximum atomic E-state index is 12.1. The van der Waals surface area contributed by atoms with Gasteiger partial charge in [-0.3, -0.25) is 4.79 Å². The lowest BCUT2D eigenvalue weighted by Crippen LogP contribution is -2.17. The highest BCUT2D eigenvalue weighted by atomic mass is 35.5. The number of Topliss-reactive ketones (excluding diaryl/α,β-unsaturated/α-hetero) is 1. The fourth-order valence-electron chi connectivity index (χ4n) is 1.64. The number of hydrogen-bond acceptors (Lipinski definition) is 4. The van der Waals surface area contributed by atoms with E-state index in [1.54, 1.807) is 6.92 Å². The number of esters is 1. The van der Waals surface area contributed by atoms with Crippen LogP contribution in [0.2, 0.25) is 0 Å². The molecule has 1 rings (SSSR count). The minimum absolute atomic E-state index is 0.113. The summed E-state index contributed by atoms with van der Waals surface area (Å²) in [6.07, 6.45) is 2.27. The van der Waals surface area contributed by atoms with Crippen molar-refractivity contribution in [3.05, 3.63) is 41.0 Å². The minimum atomic E-state index is -1.11. The maximum Gasteiger partial charge on any atom is 0.338 e. The van der Waals surface area contributed by atoms with Gasteiger partial charge in [0.1, 0.15) is 0 Å². The van der Waals surface area contributed by atoms with E-state index in [1.807, 2.05) is 0 Å². The fourth-order valence-corrected chi connectivity index (χ4v) is 1.76. The van der Waals surface area contributed by atoms with E-state index in [9.17, 15) is 14.4 Å². The Morgan fingerprint density at radius 3 is 2.52 bits per heavy atom. The SMILES string of the molecule is CCOC(=O)c1ccc(/C=C/C(=O)O)cc1C(=O)C(C)Cl. The first-order valence-electron chi connectivity index (χ1n) is 6.27. The van der Waals surface area contributed by atoms with Gasteiger partial charge in [-0.25, -0.2) is 9.59 Å². The number of ether oxygens (including phenoxy) is 1. The molecule has 0 bridgehead atoms. The largest absolute Gasteiger partial charge is 0.478 e. The molecule has 0 aliphatic carbocycles. The van der Waals surface area contributed by atoms with Crippen molar-refractivity contribution in [3.8, 4) is 0 Å². The van der Waals surface area contributed by atoms with Crippen LogP contribution in [0.5, 0.6) is 0 Å². The summed E-state index contributed by atoms with van der Waals surface area (Å²) in [5.74, 6) is -2.15. The molecule has 1 N–H and O–H groups in total. The Bertz CT molecular complexity index is 590. The number of rotatable bonds is 6. The first kappa shape index (κ1) is 16.9. The van der Waals surface area contributed by atoms with E-state index in [1.165, 1.54) is 31.2 Å². The number of hydrogen-bond donors (Lipinski definition) is 1. The molecule has 112 valence electrons. The van der Waals surface area contributed by atoms with Crippen molar-refractivity contribution >= 4 is 35.4 Å². The molecule has 0 aliphatic heterocycles. The molecule has 0 aliphatic rings. The van der Waals surface area contributed by atoms with Gasteiger partial charge in [0.2, 0.25) is 0 Å². The zero-order valence-corrected chi connectivity index (χ0v) is 12.4. The molecule has 6 heteroatoms. The van der Waals surface area contributed by atoms with Crippen molar-refractivity contribution < 1.29 is 24.2 Å². The topological polar surface area (TPSA) is 80.7 Å². The molecule has 0 spiro atoms. The van der Waals surface area contributed by atoms with Crippen molar-refractivity contribution in [2.75, 3.05) is 6.61 Å². The van der Waals surface area contributed by atoms with E-state index >= 15 is 0 Å². The summed E-state index contributed by atoms with van der Waals surface area (Å²) in [5, 5.41) is 7.80. The number of aliphatic carboxylic acids is 1. The zero-order valence-electron chi connectivity index (χ0n) is 11.6. The number of carbonyl (C=O) groups is 3. The smallest absolute Gasteiger partial charge is 0.338 e. The monoisotopic (exact) mass is 310 g/mol. The Hall–Kier alpha value is -2.14. The van der Waals surface area contributed by atoms with E-state index in [4.69, 9.17) is 21.4 Å². The molecule has 0 aromatic heterocycles. The Morgan fingerprint density at radius 2 is 2.00 bits per heavy atom. The molecular formula is C15H15ClO5. The van der Waals surface area contributed by atoms with Gasteiger partial charge in [-0.2, -0.15) is 0 Å². The van der Waals surface area contributed by atoms with Gasteiger partial charge in [0, 0.05) is 11.6 Å². The number of carboxylic acid groups (broad SMARTS) is 1. The summed E-state index contributed by atoms with van der Waals surface area (Å²) >= 11 is 5.78. The second kappa shape index (κ2) is 7.59. The summed E-state index contributed by atoms with van der Waals surface area (Å²) in [6, 6.07) is 4.38. The molecule has 0 saturated carbocycles. The van der Waals surface area contributed by atoms with Crippen LogP contribution in [0.4, 0.5) is 0 Å². The van der Waals surface area contributed by atoms with Gasteiger partial charge in [-0.1, -0.05) is 6.07 Å². The summed E-state index contributed by atoms with van der Waals surface area (Å²) < 4.78 is 4.89. The molecule has 0 radical (unpaired) electrons. The van der Waals surface area contributed by atoms with E-state index in [0.717, 1.165) is 6.08 Å². The Morgan fingerprint density at radius 1 is 1.33 bits per heavy atom. The summed E-state index contributed by atoms with van der Waals surface area (Å²) in [4.78, 5) is 34.4. The molecule has 21 heavy (non-hydrogen) atoms. The molecule has 0 amide bonds. The quantitative estimate of drug-likeness (QED) is 0.378. The predicted molar refractivity (Wildman–Crippen MR) is 78.7 cm³/mol. The molecule has 1 atom stereocenters. The van der Waals surface area contributed by atoms with Crippen molar-refractivity contribution in [1.29, 1.82) is 0 Å². The average molecular weight is 311 g/mol. The Balaban J connectivity index is 3.29. The fraction of sp³-hybridized carbons (Fsp3) is 0.267. The maximum absolute atomic E-state index is 12.1. The molecule has 1 unspecified atom stereocenters. The highest BCUT2D eigenvalue weighted by Gasteiger charge is 2.21. The van der Waals surface area contributed by atoms with Crippen LogP contribution < -0.4 is 0 Å². The van der Waals surface area contributed by atoms with Gasteiger partial charge in [0.05, 0.1) is 17.5 Å². The highest BCUT2D eigenvalue weighted by Crippen LogP contribution is 2.18. The minimum Gasteiger partial charge on any atom is -0.478 e. The lowest BCUT2D eigenvalue weighted by Gasteiger charge is -2.10. The molecule has 0 heterocycles. The number of carbonyl (C=O) groups excluding carboxylic acids is 2. The molecule has 5 nitrogen and oxygen atoms in total.